The Kier molecular flexibility index (Phi) is 5.58. The van der Waals surface area contributed by atoms with Gasteiger partial charge in [-0.25, -0.2) is 4.98 Å². The summed E-state index contributed by atoms with van der Waals surface area (Å²) >= 11 is 0. The summed E-state index contributed by atoms with van der Waals surface area (Å²) in [5.74, 6) is 1.22. The highest BCUT2D eigenvalue weighted by Crippen LogP contribution is 2.30. The van der Waals surface area contributed by atoms with Crippen molar-refractivity contribution in [2.45, 2.75) is 13.5 Å². The van der Waals surface area contributed by atoms with Gasteiger partial charge in [0.1, 0.15) is 5.82 Å². The van der Waals surface area contributed by atoms with E-state index in [4.69, 9.17) is 9.47 Å². The maximum atomic E-state index is 13.1. The molecule has 0 saturated heterocycles. The summed E-state index contributed by atoms with van der Waals surface area (Å²) in [6, 6.07) is 16.8. The fourth-order valence-corrected chi connectivity index (χ4v) is 3.60. The Balaban J connectivity index is 1.66. The van der Waals surface area contributed by atoms with Crippen LogP contribution in [0.3, 0.4) is 0 Å². The number of nitrogens with one attached hydrogen (secondary N) is 1. The van der Waals surface area contributed by atoms with E-state index in [2.05, 4.69) is 9.97 Å². The first-order chi connectivity index (χ1) is 15.0. The van der Waals surface area contributed by atoms with Crippen LogP contribution in [0.25, 0.3) is 21.7 Å². The highest BCUT2D eigenvalue weighted by molar-refractivity contribution is 5.98. The lowest BCUT2D eigenvalue weighted by Crippen LogP contribution is -2.32. The first-order valence-electron chi connectivity index (χ1n) is 9.97. The summed E-state index contributed by atoms with van der Waals surface area (Å²) in [4.78, 5) is 34.7. The van der Waals surface area contributed by atoms with E-state index in [9.17, 15) is 9.59 Å². The number of hydrogen-bond donors (Lipinski definition) is 1. The van der Waals surface area contributed by atoms with Crippen molar-refractivity contribution in [1.29, 1.82) is 0 Å². The van der Waals surface area contributed by atoms with Crippen LogP contribution < -0.4 is 15.0 Å². The van der Waals surface area contributed by atoms with Crippen molar-refractivity contribution in [2.24, 2.45) is 0 Å². The molecule has 158 valence electrons. The number of fused-ring (bicyclic) bond motifs is 2. The van der Waals surface area contributed by atoms with E-state index in [1.807, 2.05) is 49.4 Å². The van der Waals surface area contributed by atoms with Crippen molar-refractivity contribution >= 4 is 27.6 Å². The van der Waals surface area contributed by atoms with E-state index in [1.54, 1.807) is 17.0 Å². The third-order valence-electron chi connectivity index (χ3n) is 5.27. The number of hydrogen-bond acceptors (Lipinski definition) is 5. The van der Waals surface area contributed by atoms with Gasteiger partial charge in [-0.2, -0.15) is 0 Å². The average molecular weight is 417 g/mol. The van der Waals surface area contributed by atoms with Gasteiger partial charge >= 0.3 is 0 Å². The molecule has 4 aromatic rings. The molecule has 7 heteroatoms. The molecule has 0 aliphatic heterocycles. The molecule has 0 radical (unpaired) electrons. The number of amides is 1. The Morgan fingerprint density at radius 2 is 1.71 bits per heavy atom. The quantitative estimate of drug-likeness (QED) is 0.516. The number of aromatic nitrogens is 2. The zero-order valence-corrected chi connectivity index (χ0v) is 17.6. The number of H-pyrrole nitrogens is 1. The molecule has 0 unspecified atom stereocenters. The van der Waals surface area contributed by atoms with Crippen LogP contribution in [0.5, 0.6) is 11.5 Å². The van der Waals surface area contributed by atoms with E-state index in [1.165, 1.54) is 14.2 Å². The van der Waals surface area contributed by atoms with Crippen molar-refractivity contribution in [1.82, 2.24) is 14.9 Å². The second-order valence-electron chi connectivity index (χ2n) is 7.12. The molecule has 1 aromatic heterocycles. The number of nitrogens with zero attached hydrogens (tertiary/aromatic N) is 2. The summed E-state index contributed by atoms with van der Waals surface area (Å²) in [7, 11) is 3.04. The topological polar surface area (TPSA) is 84.5 Å². The van der Waals surface area contributed by atoms with Gasteiger partial charge in [0.25, 0.3) is 11.5 Å². The lowest BCUT2D eigenvalue weighted by molar-refractivity contribution is 0.0748. The first-order valence-corrected chi connectivity index (χ1v) is 9.97. The second kappa shape index (κ2) is 8.47. The molecule has 0 atom stereocenters. The van der Waals surface area contributed by atoms with Crippen LogP contribution in [0.4, 0.5) is 0 Å². The highest BCUT2D eigenvalue weighted by atomic mass is 16.5. The SMILES string of the molecule is CCN(Cc1nc2cc(OC)c(OC)cc2c(=O)[nH]1)C(=O)c1ccc2ccccc2c1. The summed E-state index contributed by atoms with van der Waals surface area (Å²) in [6.45, 7) is 2.55. The van der Waals surface area contributed by atoms with Gasteiger partial charge in [-0.15, -0.1) is 0 Å². The smallest absolute Gasteiger partial charge is 0.258 e. The molecule has 1 amide bonds. The Morgan fingerprint density at radius 3 is 2.42 bits per heavy atom. The predicted molar refractivity (Wildman–Crippen MR) is 120 cm³/mol. The molecule has 31 heavy (non-hydrogen) atoms. The van der Waals surface area contributed by atoms with Crippen LogP contribution in [-0.4, -0.2) is 41.5 Å². The third kappa shape index (κ3) is 3.94. The fourth-order valence-electron chi connectivity index (χ4n) is 3.60. The standard InChI is InChI=1S/C24H23N3O4/c1-4-27(24(29)17-10-9-15-7-5-6-8-16(15)11-17)14-22-25-19-13-21(31-3)20(30-2)12-18(19)23(28)26-22/h5-13H,4,14H2,1-3H3,(H,25,26,28). The van der Waals surface area contributed by atoms with E-state index in [-0.39, 0.29) is 18.0 Å². The maximum absolute atomic E-state index is 13.1. The largest absolute Gasteiger partial charge is 0.493 e. The van der Waals surface area contributed by atoms with Crippen LogP contribution in [0.2, 0.25) is 0 Å². The van der Waals surface area contributed by atoms with E-state index in [0.29, 0.717) is 40.3 Å². The van der Waals surface area contributed by atoms with Crippen LogP contribution in [0, 0.1) is 0 Å². The van der Waals surface area contributed by atoms with Crippen molar-refractivity contribution in [3.63, 3.8) is 0 Å². The van der Waals surface area contributed by atoms with Crippen molar-refractivity contribution < 1.29 is 14.3 Å². The average Bonchev–Trinajstić information content (AvgIpc) is 2.81. The van der Waals surface area contributed by atoms with Gasteiger partial charge < -0.3 is 19.4 Å². The van der Waals surface area contributed by atoms with E-state index >= 15 is 0 Å². The molecule has 0 saturated carbocycles. The number of benzene rings is 3. The van der Waals surface area contributed by atoms with Gasteiger partial charge in [0.05, 0.1) is 31.7 Å². The van der Waals surface area contributed by atoms with Gasteiger partial charge in [0.2, 0.25) is 0 Å². The number of methoxy groups -OCH3 is 2. The van der Waals surface area contributed by atoms with Gasteiger partial charge in [-0.05, 0) is 35.9 Å². The first kappa shape index (κ1) is 20.4. The number of carbonyl (C=O) groups excluding carboxylic acids is 1. The zero-order chi connectivity index (χ0) is 22.0. The molecule has 0 bridgehead atoms. The van der Waals surface area contributed by atoms with Gasteiger partial charge in [0, 0.05) is 18.2 Å². The predicted octanol–water partition coefficient (Wildman–Crippen LogP) is 3.76. The van der Waals surface area contributed by atoms with Crippen LogP contribution in [0.1, 0.15) is 23.1 Å². The number of rotatable bonds is 6. The lowest BCUT2D eigenvalue weighted by Gasteiger charge is -2.21. The fraction of sp³-hybridized carbons (Fsp3) is 0.208. The normalized spacial score (nSPS) is 10.9. The number of ether oxygens (including phenoxy) is 2. The molecule has 0 spiro atoms. The molecule has 0 aliphatic rings. The van der Waals surface area contributed by atoms with Gasteiger partial charge in [-0.1, -0.05) is 30.3 Å². The van der Waals surface area contributed by atoms with Crippen LogP contribution >= 0.6 is 0 Å². The molecule has 1 heterocycles. The zero-order valence-electron chi connectivity index (χ0n) is 17.6. The molecular weight excluding hydrogens is 394 g/mol. The summed E-state index contributed by atoms with van der Waals surface area (Å²) < 4.78 is 10.6. The highest BCUT2D eigenvalue weighted by Gasteiger charge is 2.17. The van der Waals surface area contributed by atoms with E-state index < -0.39 is 0 Å². The Hall–Kier alpha value is -3.87. The molecule has 1 N–H and O–H groups in total. The maximum Gasteiger partial charge on any atom is 0.258 e. The van der Waals surface area contributed by atoms with Crippen LogP contribution in [-0.2, 0) is 6.54 Å². The van der Waals surface area contributed by atoms with Crippen molar-refractivity contribution in [3.05, 3.63) is 76.3 Å². The minimum absolute atomic E-state index is 0.122. The van der Waals surface area contributed by atoms with Gasteiger partial charge in [0.15, 0.2) is 11.5 Å². The molecular formula is C24H23N3O4. The van der Waals surface area contributed by atoms with Crippen molar-refractivity contribution in [2.75, 3.05) is 20.8 Å². The number of aromatic amines is 1. The molecule has 0 fully saturated rings. The second-order valence-corrected chi connectivity index (χ2v) is 7.12. The van der Waals surface area contributed by atoms with Gasteiger partial charge in [-0.3, -0.25) is 9.59 Å². The minimum atomic E-state index is -0.296. The lowest BCUT2D eigenvalue weighted by atomic mass is 10.1. The monoisotopic (exact) mass is 417 g/mol. The summed E-state index contributed by atoms with van der Waals surface area (Å²) in [6.07, 6.45) is 0. The van der Waals surface area contributed by atoms with Crippen molar-refractivity contribution in [3.8, 4) is 11.5 Å². The molecule has 7 nitrogen and oxygen atoms in total. The Labute approximate surface area is 179 Å². The Morgan fingerprint density at radius 1 is 1.00 bits per heavy atom. The molecule has 4 rings (SSSR count). The molecule has 3 aromatic carbocycles. The summed E-state index contributed by atoms with van der Waals surface area (Å²) in [5.41, 5.74) is 0.774. The number of carbonyl (C=O) groups is 1. The third-order valence-corrected chi connectivity index (χ3v) is 5.27. The van der Waals surface area contributed by atoms with Crippen LogP contribution in [0.15, 0.2) is 59.4 Å². The minimum Gasteiger partial charge on any atom is -0.493 e. The Bertz CT molecular complexity index is 1330. The molecule has 0 aliphatic carbocycles. The summed E-state index contributed by atoms with van der Waals surface area (Å²) in [5, 5.41) is 2.47. The van der Waals surface area contributed by atoms with E-state index in [0.717, 1.165) is 10.8 Å².